The van der Waals surface area contributed by atoms with Gasteiger partial charge in [0.1, 0.15) is 17.8 Å². The third kappa shape index (κ3) is 2.49. The number of anilines is 1. The number of hydrogen-bond acceptors (Lipinski definition) is 5. The minimum Gasteiger partial charge on any atom is -0.371 e. The molecule has 118 valence electrons. The summed E-state index contributed by atoms with van der Waals surface area (Å²) in [5, 5.41) is 11.8. The van der Waals surface area contributed by atoms with E-state index in [4.69, 9.17) is 16.1 Å². The molecular formula is C16H16ClN5O. The van der Waals surface area contributed by atoms with Crippen LogP contribution in [0.2, 0.25) is 5.02 Å². The Kier molecular flexibility index (Phi) is 3.53. The van der Waals surface area contributed by atoms with Gasteiger partial charge in [-0.1, -0.05) is 16.8 Å². The lowest BCUT2D eigenvalue weighted by molar-refractivity contribution is 0.400. The maximum absolute atomic E-state index is 6.23. The molecule has 0 radical (unpaired) electrons. The molecule has 1 N–H and O–H groups in total. The molecule has 6 nitrogen and oxygen atoms in total. The average molecular weight is 330 g/mol. The number of hydrogen-bond donors (Lipinski definition) is 1. The summed E-state index contributed by atoms with van der Waals surface area (Å²) in [6, 6.07) is 5.87. The summed E-state index contributed by atoms with van der Waals surface area (Å²) in [6.45, 7) is 3.93. The molecule has 1 saturated heterocycles. The average Bonchev–Trinajstić information content (AvgIpc) is 3.28. The molecule has 0 spiro atoms. The van der Waals surface area contributed by atoms with Gasteiger partial charge in [-0.25, -0.2) is 4.98 Å². The molecule has 3 aromatic rings. The van der Waals surface area contributed by atoms with Gasteiger partial charge in [0.25, 0.3) is 0 Å². The van der Waals surface area contributed by atoms with Gasteiger partial charge in [-0.2, -0.15) is 5.10 Å². The summed E-state index contributed by atoms with van der Waals surface area (Å²) in [5.41, 5.74) is 3.69. The third-order valence-corrected chi connectivity index (χ3v) is 4.41. The first-order valence-electron chi connectivity index (χ1n) is 7.61. The second-order valence-electron chi connectivity index (χ2n) is 5.65. The van der Waals surface area contributed by atoms with Crippen LogP contribution < -0.4 is 4.90 Å². The van der Waals surface area contributed by atoms with Crippen molar-refractivity contribution in [3.05, 3.63) is 35.3 Å². The van der Waals surface area contributed by atoms with E-state index in [1.807, 2.05) is 25.1 Å². The first kappa shape index (κ1) is 14.3. The Labute approximate surface area is 138 Å². The molecule has 0 saturated carbocycles. The number of H-pyrrole nitrogens is 1. The molecule has 7 heteroatoms. The third-order valence-electron chi connectivity index (χ3n) is 4.18. The summed E-state index contributed by atoms with van der Waals surface area (Å²) >= 11 is 6.23. The highest BCUT2D eigenvalue weighted by molar-refractivity contribution is 6.31. The summed E-state index contributed by atoms with van der Waals surface area (Å²) < 4.78 is 5.43. The van der Waals surface area contributed by atoms with E-state index in [0.29, 0.717) is 11.6 Å². The van der Waals surface area contributed by atoms with Gasteiger partial charge >= 0.3 is 0 Å². The molecule has 0 aliphatic carbocycles. The number of halogens is 1. The summed E-state index contributed by atoms with van der Waals surface area (Å²) in [4.78, 5) is 6.59. The van der Waals surface area contributed by atoms with Crippen LogP contribution in [0.3, 0.4) is 0 Å². The molecule has 0 bridgehead atoms. The maximum atomic E-state index is 6.23. The number of aromatic amines is 1. The van der Waals surface area contributed by atoms with Gasteiger partial charge in [-0.15, -0.1) is 0 Å². The van der Waals surface area contributed by atoms with Gasteiger partial charge in [0.05, 0.1) is 5.56 Å². The predicted octanol–water partition coefficient (Wildman–Crippen LogP) is 3.69. The van der Waals surface area contributed by atoms with Crippen molar-refractivity contribution in [3.8, 4) is 22.6 Å². The zero-order valence-electron chi connectivity index (χ0n) is 12.7. The van der Waals surface area contributed by atoms with Crippen molar-refractivity contribution in [1.29, 1.82) is 0 Å². The molecule has 23 heavy (non-hydrogen) atoms. The van der Waals surface area contributed by atoms with Crippen LogP contribution in [0.25, 0.3) is 22.6 Å². The molecule has 3 heterocycles. The number of nitrogens with zero attached hydrogens (tertiary/aromatic N) is 4. The van der Waals surface area contributed by atoms with Crippen LogP contribution >= 0.6 is 11.6 Å². The molecule has 0 amide bonds. The van der Waals surface area contributed by atoms with Crippen molar-refractivity contribution in [2.45, 2.75) is 19.8 Å². The lowest BCUT2D eigenvalue weighted by Gasteiger charge is -2.21. The molecule has 2 aromatic heterocycles. The summed E-state index contributed by atoms with van der Waals surface area (Å²) in [5.74, 6) is 1.36. The molecule has 1 fully saturated rings. The first-order chi connectivity index (χ1) is 11.2. The monoisotopic (exact) mass is 329 g/mol. The minimum atomic E-state index is 0.654. The second-order valence-corrected chi connectivity index (χ2v) is 6.09. The van der Waals surface area contributed by atoms with E-state index in [1.54, 1.807) is 0 Å². The van der Waals surface area contributed by atoms with Crippen LogP contribution in [0, 0.1) is 6.92 Å². The van der Waals surface area contributed by atoms with Crippen molar-refractivity contribution in [2.24, 2.45) is 0 Å². The Morgan fingerprint density at radius 2 is 2.09 bits per heavy atom. The highest BCUT2D eigenvalue weighted by atomic mass is 35.5. The molecule has 0 unspecified atom stereocenters. The summed E-state index contributed by atoms with van der Waals surface area (Å²) in [6.07, 6.45) is 3.87. The first-order valence-corrected chi connectivity index (χ1v) is 7.98. The van der Waals surface area contributed by atoms with E-state index in [2.05, 4.69) is 25.2 Å². The lowest BCUT2D eigenvalue weighted by Crippen LogP contribution is -2.18. The lowest BCUT2D eigenvalue weighted by atomic mass is 10.0. The van der Waals surface area contributed by atoms with Crippen LogP contribution in [-0.2, 0) is 0 Å². The minimum absolute atomic E-state index is 0.654. The molecule has 1 aromatic carbocycles. The van der Waals surface area contributed by atoms with Crippen LogP contribution in [0.15, 0.2) is 29.0 Å². The van der Waals surface area contributed by atoms with Gasteiger partial charge in [0, 0.05) is 29.4 Å². The van der Waals surface area contributed by atoms with Crippen LogP contribution in [0.5, 0.6) is 0 Å². The molecule has 0 atom stereocenters. The van der Waals surface area contributed by atoms with Gasteiger partial charge in [-0.3, -0.25) is 5.10 Å². The number of rotatable bonds is 3. The van der Waals surface area contributed by atoms with E-state index in [9.17, 15) is 0 Å². The van der Waals surface area contributed by atoms with E-state index in [0.717, 1.165) is 40.6 Å². The Bertz CT molecular complexity index is 821. The van der Waals surface area contributed by atoms with Crippen molar-refractivity contribution in [1.82, 2.24) is 20.3 Å². The Balaban J connectivity index is 1.89. The Morgan fingerprint density at radius 3 is 2.83 bits per heavy atom. The normalized spacial score (nSPS) is 14.6. The SMILES string of the molecule is Cc1onc(-c2ccc(Cl)cc2N2CCCC2)c1-c1ncn[nH]1. The molecule has 1 aliphatic heterocycles. The highest BCUT2D eigenvalue weighted by Gasteiger charge is 2.24. The second kappa shape index (κ2) is 5.70. The highest BCUT2D eigenvalue weighted by Crippen LogP contribution is 2.39. The van der Waals surface area contributed by atoms with E-state index in [1.165, 1.54) is 19.2 Å². The van der Waals surface area contributed by atoms with E-state index < -0.39 is 0 Å². The van der Waals surface area contributed by atoms with Crippen LogP contribution in [0.4, 0.5) is 5.69 Å². The quantitative estimate of drug-likeness (QED) is 0.793. The largest absolute Gasteiger partial charge is 0.371 e. The topological polar surface area (TPSA) is 70.8 Å². The number of benzene rings is 1. The molecule has 4 rings (SSSR count). The molecular weight excluding hydrogens is 314 g/mol. The van der Waals surface area contributed by atoms with Gasteiger partial charge in [0.2, 0.25) is 0 Å². The van der Waals surface area contributed by atoms with Gasteiger partial charge < -0.3 is 9.42 Å². The Hall–Kier alpha value is -2.34. The van der Waals surface area contributed by atoms with Crippen molar-refractivity contribution >= 4 is 17.3 Å². The fraction of sp³-hybridized carbons (Fsp3) is 0.312. The van der Waals surface area contributed by atoms with E-state index >= 15 is 0 Å². The van der Waals surface area contributed by atoms with Crippen LogP contribution in [0.1, 0.15) is 18.6 Å². The zero-order chi connectivity index (χ0) is 15.8. The Morgan fingerprint density at radius 1 is 1.26 bits per heavy atom. The molecule has 1 aliphatic rings. The summed E-state index contributed by atoms with van der Waals surface area (Å²) in [7, 11) is 0. The van der Waals surface area contributed by atoms with Crippen molar-refractivity contribution in [3.63, 3.8) is 0 Å². The zero-order valence-corrected chi connectivity index (χ0v) is 13.5. The van der Waals surface area contributed by atoms with Crippen molar-refractivity contribution in [2.75, 3.05) is 18.0 Å². The van der Waals surface area contributed by atoms with Crippen LogP contribution in [-0.4, -0.2) is 33.4 Å². The number of nitrogens with one attached hydrogen (secondary N) is 1. The number of aryl methyl sites for hydroxylation is 1. The van der Waals surface area contributed by atoms with Crippen molar-refractivity contribution < 1.29 is 4.52 Å². The standard InChI is InChI=1S/C16H16ClN5O/c1-10-14(16-18-9-19-20-16)15(21-23-10)12-5-4-11(17)8-13(12)22-6-2-3-7-22/h4-5,8-9H,2-3,6-7H2,1H3,(H,18,19,20). The van der Waals surface area contributed by atoms with Gasteiger partial charge in [0.15, 0.2) is 5.82 Å². The maximum Gasteiger partial charge on any atom is 0.161 e. The fourth-order valence-electron chi connectivity index (χ4n) is 3.09. The predicted molar refractivity (Wildman–Crippen MR) is 88.5 cm³/mol. The fourth-order valence-corrected chi connectivity index (χ4v) is 3.25. The smallest absolute Gasteiger partial charge is 0.161 e. The number of aromatic nitrogens is 4. The van der Waals surface area contributed by atoms with Gasteiger partial charge in [-0.05, 0) is 38.0 Å². The van der Waals surface area contributed by atoms with E-state index in [-0.39, 0.29) is 0 Å².